The van der Waals surface area contributed by atoms with E-state index in [0.717, 1.165) is 5.56 Å². The third kappa shape index (κ3) is 5.76. The smallest absolute Gasteiger partial charge is 0.273 e. The van der Waals surface area contributed by atoms with Crippen LogP contribution in [0.25, 0.3) is 0 Å². The van der Waals surface area contributed by atoms with Gasteiger partial charge < -0.3 is 4.90 Å². The Balaban J connectivity index is 1.60. The molecule has 1 fully saturated rings. The number of halogens is 2. The molecule has 4 rings (SSSR count). The Bertz CT molecular complexity index is 1220. The maximum atomic E-state index is 13.6. The van der Waals surface area contributed by atoms with Gasteiger partial charge in [0, 0.05) is 55.3 Å². The quantitative estimate of drug-likeness (QED) is 0.301. The molecule has 0 aliphatic carbocycles. The van der Waals surface area contributed by atoms with Gasteiger partial charge in [0.15, 0.2) is 0 Å². The molecule has 188 valence electrons. The van der Waals surface area contributed by atoms with Gasteiger partial charge in [-0.15, -0.1) is 0 Å². The Morgan fingerprint density at radius 2 is 1.61 bits per heavy atom. The number of hydrogen-bond acceptors (Lipinski definition) is 4. The molecule has 1 amide bonds. The summed E-state index contributed by atoms with van der Waals surface area (Å²) in [5.41, 5.74) is 2.08. The minimum Gasteiger partial charge on any atom is -0.336 e. The highest BCUT2D eigenvalue weighted by Gasteiger charge is 2.37. The van der Waals surface area contributed by atoms with Crippen molar-refractivity contribution in [3.8, 4) is 0 Å². The SMILES string of the molecule is CC(C)N(CC1CN(Cc2ccccc2[N+](=O)[O-])CC1c1ccc(F)cc1)C(=O)c1ccc(F)cc1. The van der Waals surface area contributed by atoms with E-state index in [1.165, 1.54) is 42.5 Å². The van der Waals surface area contributed by atoms with E-state index in [1.807, 2.05) is 13.8 Å². The van der Waals surface area contributed by atoms with Crippen LogP contribution in [-0.4, -0.2) is 46.3 Å². The zero-order valence-electron chi connectivity index (χ0n) is 20.3. The van der Waals surface area contributed by atoms with Crippen LogP contribution in [0.3, 0.4) is 0 Å². The van der Waals surface area contributed by atoms with E-state index in [1.54, 1.807) is 35.2 Å². The Hall–Kier alpha value is -3.65. The van der Waals surface area contributed by atoms with Gasteiger partial charge in [0.2, 0.25) is 0 Å². The van der Waals surface area contributed by atoms with E-state index >= 15 is 0 Å². The van der Waals surface area contributed by atoms with E-state index in [4.69, 9.17) is 0 Å². The number of likely N-dealkylation sites (tertiary alicyclic amines) is 1. The fraction of sp³-hybridized carbons (Fsp3) is 0.321. The van der Waals surface area contributed by atoms with Crippen molar-refractivity contribution in [1.82, 2.24) is 9.80 Å². The molecule has 1 saturated heterocycles. The zero-order valence-corrected chi connectivity index (χ0v) is 20.3. The summed E-state index contributed by atoms with van der Waals surface area (Å²) in [5.74, 6) is -0.874. The summed E-state index contributed by atoms with van der Waals surface area (Å²) in [5, 5.41) is 11.5. The number of carbonyl (C=O) groups excluding carboxylic acids is 1. The Morgan fingerprint density at radius 1 is 1.00 bits per heavy atom. The Kier molecular flexibility index (Phi) is 7.74. The number of benzene rings is 3. The molecule has 1 heterocycles. The first kappa shape index (κ1) is 25.4. The minimum absolute atomic E-state index is 0.00985. The highest BCUT2D eigenvalue weighted by Crippen LogP contribution is 2.35. The van der Waals surface area contributed by atoms with Crippen LogP contribution < -0.4 is 0 Å². The molecule has 0 aromatic heterocycles. The van der Waals surface area contributed by atoms with Gasteiger partial charge in [-0.25, -0.2) is 8.78 Å². The largest absolute Gasteiger partial charge is 0.336 e. The molecule has 2 unspecified atom stereocenters. The van der Waals surface area contributed by atoms with Crippen molar-refractivity contribution >= 4 is 11.6 Å². The second-order valence-corrected chi connectivity index (χ2v) is 9.56. The van der Waals surface area contributed by atoms with Crippen LogP contribution >= 0.6 is 0 Å². The molecule has 0 saturated carbocycles. The predicted molar refractivity (Wildman–Crippen MR) is 134 cm³/mol. The average molecular weight is 494 g/mol. The van der Waals surface area contributed by atoms with Crippen molar-refractivity contribution in [3.05, 3.63) is 111 Å². The number of nitro benzene ring substituents is 1. The molecule has 36 heavy (non-hydrogen) atoms. The molecule has 0 bridgehead atoms. The fourth-order valence-corrected chi connectivity index (χ4v) is 4.97. The molecular weight excluding hydrogens is 464 g/mol. The molecule has 0 radical (unpaired) electrons. The van der Waals surface area contributed by atoms with Crippen LogP contribution in [0.5, 0.6) is 0 Å². The number of carbonyl (C=O) groups is 1. The van der Waals surface area contributed by atoms with Gasteiger partial charge in [-0.2, -0.15) is 0 Å². The van der Waals surface area contributed by atoms with Gasteiger partial charge in [0.1, 0.15) is 11.6 Å². The van der Waals surface area contributed by atoms with Crippen molar-refractivity contribution in [3.63, 3.8) is 0 Å². The van der Waals surface area contributed by atoms with Crippen LogP contribution in [0.4, 0.5) is 14.5 Å². The monoisotopic (exact) mass is 493 g/mol. The molecular formula is C28H29F2N3O3. The van der Waals surface area contributed by atoms with Gasteiger partial charge in [0.05, 0.1) is 4.92 Å². The van der Waals surface area contributed by atoms with E-state index in [2.05, 4.69) is 4.90 Å². The summed E-state index contributed by atoms with van der Waals surface area (Å²) < 4.78 is 27.0. The highest BCUT2D eigenvalue weighted by atomic mass is 19.1. The summed E-state index contributed by atoms with van der Waals surface area (Å²) >= 11 is 0. The second-order valence-electron chi connectivity index (χ2n) is 9.56. The predicted octanol–water partition coefficient (Wildman–Crippen LogP) is 5.64. The van der Waals surface area contributed by atoms with Crippen molar-refractivity contribution < 1.29 is 18.5 Å². The van der Waals surface area contributed by atoms with E-state index in [9.17, 15) is 23.7 Å². The van der Waals surface area contributed by atoms with Crippen LogP contribution in [0.15, 0.2) is 72.8 Å². The highest BCUT2D eigenvalue weighted by molar-refractivity contribution is 5.94. The summed E-state index contributed by atoms with van der Waals surface area (Å²) in [6.07, 6.45) is 0. The summed E-state index contributed by atoms with van der Waals surface area (Å²) in [6.45, 7) is 5.97. The number of amides is 1. The van der Waals surface area contributed by atoms with Crippen molar-refractivity contribution in [2.24, 2.45) is 5.92 Å². The third-order valence-electron chi connectivity index (χ3n) is 6.80. The second kappa shape index (κ2) is 11.0. The summed E-state index contributed by atoms with van der Waals surface area (Å²) in [4.78, 5) is 28.4. The maximum absolute atomic E-state index is 13.6. The minimum atomic E-state index is -0.402. The lowest BCUT2D eigenvalue weighted by Crippen LogP contribution is -2.42. The Morgan fingerprint density at radius 3 is 2.22 bits per heavy atom. The Labute approximate surface area is 209 Å². The van der Waals surface area contributed by atoms with E-state index < -0.39 is 5.82 Å². The van der Waals surface area contributed by atoms with E-state index in [0.29, 0.717) is 37.3 Å². The van der Waals surface area contributed by atoms with Gasteiger partial charge in [-0.05, 0) is 61.7 Å². The lowest BCUT2D eigenvalue weighted by molar-refractivity contribution is -0.385. The van der Waals surface area contributed by atoms with Crippen LogP contribution in [0, 0.1) is 27.7 Å². The summed E-state index contributed by atoms with van der Waals surface area (Å²) in [7, 11) is 0. The van der Waals surface area contributed by atoms with Gasteiger partial charge >= 0.3 is 0 Å². The standard InChI is InChI=1S/C28H29F2N3O3/c1-19(2)32(28(34)21-9-13-25(30)14-10-21)17-23-16-31(15-22-5-3-4-6-27(22)33(35)36)18-26(23)20-7-11-24(29)12-8-20/h3-14,19,23,26H,15-18H2,1-2H3. The van der Waals surface area contributed by atoms with Gasteiger partial charge in [-0.1, -0.05) is 30.3 Å². The maximum Gasteiger partial charge on any atom is 0.273 e. The van der Waals surface area contributed by atoms with Gasteiger partial charge in [-0.3, -0.25) is 19.8 Å². The van der Waals surface area contributed by atoms with Crippen molar-refractivity contribution in [1.29, 1.82) is 0 Å². The normalized spacial score (nSPS) is 17.9. The number of hydrogen-bond donors (Lipinski definition) is 0. The van der Waals surface area contributed by atoms with Crippen molar-refractivity contribution in [2.75, 3.05) is 19.6 Å². The third-order valence-corrected chi connectivity index (χ3v) is 6.80. The number of para-hydroxylation sites is 1. The molecule has 1 aliphatic rings. The number of nitro groups is 1. The molecule has 0 spiro atoms. The fourth-order valence-electron chi connectivity index (χ4n) is 4.97. The van der Waals surface area contributed by atoms with Crippen LogP contribution in [0.1, 0.15) is 41.3 Å². The lowest BCUT2D eigenvalue weighted by Gasteiger charge is -2.32. The molecule has 1 aliphatic heterocycles. The molecule has 2 atom stereocenters. The van der Waals surface area contributed by atoms with Crippen molar-refractivity contribution in [2.45, 2.75) is 32.4 Å². The van der Waals surface area contributed by atoms with E-state index in [-0.39, 0.29) is 40.2 Å². The average Bonchev–Trinajstić information content (AvgIpc) is 3.25. The lowest BCUT2D eigenvalue weighted by atomic mass is 9.88. The molecule has 0 N–H and O–H groups in total. The first-order chi connectivity index (χ1) is 17.2. The molecule has 8 heteroatoms. The molecule has 3 aromatic carbocycles. The molecule has 3 aromatic rings. The van der Waals surface area contributed by atoms with Crippen LogP contribution in [0.2, 0.25) is 0 Å². The number of rotatable bonds is 8. The first-order valence-corrected chi connectivity index (χ1v) is 12.0. The zero-order chi connectivity index (χ0) is 25.8. The van der Waals surface area contributed by atoms with Crippen LogP contribution in [-0.2, 0) is 6.54 Å². The molecule has 6 nitrogen and oxygen atoms in total. The topological polar surface area (TPSA) is 66.7 Å². The summed E-state index contributed by atoms with van der Waals surface area (Å²) in [6, 6.07) is 18.5. The number of nitrogens with zero attached hydrogens (tertiary/aromatic N) is 3. The first-order valence-electron chi connectivity index (χ1n) is 12.0. The van der Waals surface area contributed by atoms with Gasteiger partial charge in [0.25, 0.3) is 11.6 Å².